The fourth-order valence-corrected chi connectivity index (χ4v) is 2.49. The molecule has 0 aromatic rings. The second kappa shape index (κ2) is 5.17. The van der Waals surface area contributed by atoms with Gasteiger partial charge in [-0.3, -0.25) is 4.79 Å². The lowest BCUT2D eigenvalue weighted by molar-refractivity contribution is -0.133. The molecule has 1 N–H and O–H groups in total. The standard InChI is InChI=1S/C13H24N2O/c1-10-8-12(10)9-14-11(2)13(16)15-6-4-3-5-7-15/h10-12,14H,3-9H2,1-2H3. The summed E-state index contributed by atoms with van der Waals surface area (Å²) in [6.45, 7) is 7.23. The Morgan fingerprint density at radius 3 is 2.56 bits per heavy atom. The lowest BCUT2D eigenvalue weighted by atomic mass is 10.1. The highest BCUT2D eigenvalue weighted by Gasteiger charge is 2.33. The summed E-state index contributed by atoms with van der Waals surface area (Å²) in [5.74, 6) is 1.98. The van der Waals surface area contributed by atoms with Crippen LogP contribution in [0.15, 0.2) is 0 Å². The molecular weight excluding hydrogens is 200 g/mol. The monoisotopic (exact) mass is 224 g/mol. The molecule has 16 heavy (non-hydrogen) atoms. The Morgan fingerprint density at radius 2 is 2.00 bits per heavy atom. The van der Waals surface area contributed by atoms with E-state index in [0.717, 1.165) is 31.5 Å². The maximum absolute atomic E-state index is 12.1. The molecule has 1 aliphatic carbocycles. The summed E-state index contributed by atoms with van der Waals surface area (Å²) in [6.07, 6.45) is 4.97. The number of likely N-dealkylation sites (tertiary alicyclic amines) is 1. The van der Waals surface area contributed by atoms with Crippen molar-refractivity contribution >= 4 is 5.91 Å². The van der Waals surface area contributed by atoms with Gasteiger partial charge in [0.2, 0.25) is 5.91 Å². The number of amides is 1. The van der Waals surface area contributed by atoms with Crippen LogP contribution in [0, 0.1) is 11.8 Å². The Bertz CT molecular complexity index is 248. The van der Waals surface area contributed by atoms with Crippen molar-refractivity contribution in [1.29, 1.82) is 0 Å². The zero-order valence-corrected chi connectivity index (χ0v) is 10.5. The number of nitrogens with zero attached hydrogens (tertiary/aromatic N) is 1. The average molecular weight is 224 g/mol. The first-order valence-electron chi connectivity index (χ1n) is 6.70. The molecule has 2 fully saturated rings. The van der Waals surface area contributed by atoms with Gasteiger partial charge in [-0.25, -0.2) is 0 Å². The molecule has 1 aliphatic heterocycles. The second-order valence-electron chi connectivity index (χ2n) is 5.49. The zero-order valence-electron chi connectivity index (χ0n) is 10.5. The lowest BCUT2D eigenvalue weighted by Crippen LogP contribution is -2.47. The van der Waals surface area contributed by atoms with Gasteiger partial charge in [-0.1, -0.05) is 6.92 Å². The van der Waals surface area contributed by atoms with Crippen LogP contribution in [0.5, 0.6) is 0 Å². The fraction of sp³-hybridized carbons (Fsp3) is 0.923. The molecule has 0 aromatic heterocycles. The minimum absolute atomic E-state index is 0.00546. The van der Waals surface area contributed by atoms with Crippen LogP contribution in [0.25, 0.3) is 0 Å². The van der Waals surface area contributed by atoms with E-state index in [1.807, 2.05) is 11.8 Å². The smallest absolute Gasteiger partial charge is 0.239 e. The predicted molar refractivity (Wildman–Crippen MR) is 65.2 cm³/mol. The second-order valence-corrected chi connectivity index (χ2v) is 5.49. The molecule has 2 rings (SSSR count). The van der Waals surface area contributed by atoms with Crippen LogP contribution in [-0.4, -0.2) is 36.5 Å². The summed E-state index contributed by atoms with van der Waals surface area (Å²) >= 11 is 0. The van der Waals surface area contributed by atoms with E-state index in [0.29, 0.717) is 5.91 Å². The minimum atomic E-state index is 0.00546. The molecule has 92 valence electrons. The Morgan fingerprint density at radius 1 is 1.38 bits per heavy atom. The Kier molecular flexibility index (Phi) is 3.85. The van der Waals surface area contributed by atoms with Gasteiger partial charge in [-0.2, -0.15) is 0 Å². The highest BCUT2D eigenvalue weighted by molar-refractivity contribution is 5.81. The number of carbonyl (C=O) groups is 1. The summed E-state index contributed by atoms with van der Waals surface area (Å²) in [5, 5.41) is 3.38. The molecule has 3 unspecified atom stereocenters. The molecule has 1 saturated carbocycles. The van der Waals surface area contributed by atoms with Gasteiger partial charge in [-0.05, 0) is 51.0 Å². The molecule has 3 atom stereocenters. The normalized spacial score (nSPS) is 31.2. The van der Waals surface area contributed by atoms with E-state index in [4.69, 9.17) is 0 Å². The third-order valence-corrected chi connectivity index (χ3v) is 4.00. The quantitative estimate of drug-likeness (QED) is 0.787. The van der Waals surface area contributed by atoms with Crippen molar-refractivity contribution in [2.24, 2.45) is 11.8 Å². The highest BCUT2D eigenvalue weighted by atomic mass is 16.2. The van der Waals surface area contributed by atoms with Crippen LogP contribution in [0.2, 0.25) is 0 Å². The largest absolute Gasteiger partial charge is 0.341 e. The van der Waals surface area contributed by atoms with Gasteiger partial charge >= 0.3 is 0 Å². The van der Waals surface area contributed by atoms with E-state index < -0.39 is 0 Å². The first kappa shape index (κ1) is 11.9. The average Bonchev–Trinajstić information content (AvgIpc) is 3.02. The molecule has 0 radical (unpaired) electrons. The van der Waals surface area contributed by atoms with Crippen molar-refractivity contribution in [3.8, 4) is 0 Å². The predicted octanol–water partition coefficient (Wildman–Crippen LogP) is 1.63. The summed E-state index contributed by atoms with van der Waals surface area (Å²) in [4.78, 5) is 14.1. The van der Waals surface area contributed by atoms with Crippen molar-refractivity contribution in [1.82, 2.24) is 10.2 Å². The van der Waals surface area contributed by atoms with E-state index in [1.165, 1.54) is 25.7 Å². The van der Waals surface area contributed by atoms with Crippen LogP contribution in [0.3, 0.4) is 0 Å². The van der Waals surface area contributed by atoms with Crippen molar-refractivity contribution in [2.75, 3.05) is 19.6 Å². The van der Waals surface area contributed by atoms with Crippen LogP contribution < -0.4 is 5.32 Å². The number of hydrogen-bond donors (Lipinski definition) is 1. The van der Waals surface area contributed by atoms with Crippen molar-refractivity contribution in [2.45, 2.75) is 45.6 Å². The molecule has 1 heterocycles. The molecule has 1 saturated heterocycles. The van der Waals surface area contributed by atoms with Crippen molar-refractivity contribution < 1.29 is 4.79 Å². The highest BCUT2D eigenvalue weighted by Crippen LogP contribution is 2.36. The summed E-state index contributed by atoms with van der Waals surface area (Å²) in [7, 11) is 0. The van der Waals surface area contributed by atoms with E-state index in [9.17, 15) is 4.79 Å². The van der Waals surface area contributed by atoms with Crippen LogP contribution in [-0.2, 0) is 4.79 Å². The topological polar surface area (TPSA) is 32.3 Å². The van der Waals surface area contributed by atoms with Gasteiger partial charge in [0, 0.05) is 13.1 Å². The molecule has 0 bridgehead atoms. The van der Waals surface area contributed by atoms with Crippen molar-refractivity contribution in [3.63, 3.8) is 0 Å². The molecule has 3 nitrogen and oxygen atoms in total. The number of rotatable bonds is 4. The molecule has 2 aliphatic rings. The maximum Gasteiger partial charge on any atom is 0.239 e. The van der Waals surface area contributed by atoms with Crippen molar-refractivity contribution in [3.05, 3.63) is 0 Å². The maximum atomic E-state index is 12.1. The van der Waals surface area contributed by atoms with Gasteiger partial charge in [0.25, 0.3) is 0 Å². The van der Waals surface area contributed by atoms with E-state index in [1.54, 1.807) is 0 Å². The van der Waals surface area contributed by atoms with E-state index in [-0.39, 0.29) is 6.04 Å². The summed E-state index contributed by atoms with van der Waals surface area (Å²) in [6, 6.07) is 0.00546. The van der Waals surface area contributed by atoms with Gasteiger partial charge in [0.1, 0.15) is 0 Å². The first-order valence-corrected chi connectivity index (χ1v) is 6.70. The lowest BCUT2D eigenvalue weighted by Gasteiger charge is -2.29. The molecule has 0 spiro atoms. The zero-order chi connectivity index (χ0) is 11.5. The Hall–Kier alpha value is -0.570. The van der Waals surface area contributed by atoms with E-state index in [2.05, 4.69) is 12.2 Å². The summed E-state index contributed by atoms with van der Waals surface area (Å²) in [5.41, 5.74) is 0. The third kappa shape index (κ3) is 2.97. The van der Waals surface area contributed by atoms with Gasteiger partial charge < -0.3 is 10.2 Å². The van der Waals surface area contributed by atoms with Gasteiger partial charge in [0.15, 0.2) is 0 Å². The minimum Gasteiger partial charge on any atom is -0.341 e. The van der Waals surface area contributed by atoms with Crippen LogP contribution >= 0.6 is 0 Å². The molecular formula is C13H24N2O. The SMILES string of the molecule is CC(NCC1CC1C)C(=O)N1CCCCC1. The third-order valence-electron chi connectivity index (χ3n) is 4.00. The number of hydrogen-bond acceptors (Lipinski definition) is 2. The first-order chi connectivity index (χ1) is 7.68. The molecule has 1 amide bonds. The fourth-order valence-electron chi connectivity index (χ4n) is 2.49. The van der Waals surface area contributed by atoms with Gasteiger partial charge in [-0.15, -0.1) is 0 Å². The number of piperidine rings is 1. The van der Waals surface area contributed by atoms with Gasteiger partial charge in [0.05, 0.1) is 6.04 Å². The van der Waals surface area contributed by atoms with E-state index >= 15 is 0 Å². The Labute approximate surface area is 98.6 Å². The Balaban J connectivity index is 1.70. The molecule has 0 aromatic carbocycles. The van der Waals surface area contributed by atoms with Crippen LogP contribution in [0.4, 0.5) is 0 Å². The molecule has 3 heteroatoms. The number of carbonyl (C=O) groups excluding carboxylic acids is 1. The number of nitrogens with one attached hydrogen (secondary N) is 1. The van der Waals surface area contributed by atoms with Crippen LogP contribution in [0.1, 0.15) is 39.5 Å². The summed E-state index contributed by atoms with van der Waals surface area (Å²) < 4.78 is 0.